The van der Waals surface area contributed by atoms with E-state index in [1.165, 1.54) is 11.8 Å². The van der Waals surface area contributed by atoms with E-state index in [9.17, 15) is 4.79 Å². The zero-order valence-corrected chi connectivity index (χ0v) is 16.7. The van der Waals surface area contributed by atoms with Crippen molar-refractivity contribution in [2.75, 3.05) is 39.4 Å². The smallest absolute Gasteiger partial charge is 0.266 e. The maximum Gasteiger partial charge on any atom is 0.266 e. The molecule has 2 heterocycles. The minimum Gasteiger partial charge on any atom is -0.379 e. The molecule has 2 fully saturated rings. The van der Waals surface area contributed by atoms with Gasteiger partial charge >= 0.3 is 0 Å². The van der Waals surface area contributed by atoms with Crippen LogP contribution in [0.15, 0.2) is 23.1 Å². The largest absolute Gasteiger partial charge is 0.379 e. The topological polar surface area (TPSA) is 32.8 Å². The lowest BCUT2D eigenvalue weighted by molar-refractivity contribution is -0.122. The van der Waals surface area contributed by atoms with Gasteiger partial charge in [0.1, 0.15) is 4.32 Å². The average molecular weight is 417 g/mol. The Balaban J connectivity index is 1.61. The van der Waals surface area contributed by atoms with E-state index in [0.717, 1.165) is 44.8 Å². The third kappa shape index (κ3) is 4.76. The number of benzene rings is 1. The first-order chi connectivity index (χ1) is 12.1. The molecule has 1 amide bonds. The van der Waals surface area contributed by atoms with Crippen LogP contribution in [0.2, 0.25) is 10.0 Å². The number of thiocarbonyl (C=S) groups is 1. The van der Waals surface area contributed by atoms with Crippen LogP contribution >= 0.6 is 47.2 Å². The summed E-state index contributed by atoms with van der Waals surface area (Å²) in [4.78, 5) is 17.2. The number of carbonyl (C=O) groups is 1. The van der Waals surface area contributed by atoms with Gasteiger partial charge in [0.05, 0.1) is 28.2 Å². The fourth-order valence-electron chi connectivity index (χ4n) is 2.74. The van der Waals surface area contributed by atoms with Crippen LogP contribution in [0.5, 0.6) is 0 Å². The first-order valence-corrected chi connectivity index (χ1v) is 10.0. The minimum atomic E-state index is -0.0620. The number of carbonyl (C=O) groups excluding carboxylic acids is 1. The summed E-state index contributed by atoms with van der Waals surface area (Å²) in [5.41, 5.74) is 0.725. The van der Waals surface area contributed by atoms with Gasteiger partial charge in [-0.05, 0) is 24.1 Å². The second-order valence-corrected chi connectivity index (χ2v) is 8.24. The lowest BCUT2D eigenvalue weighted by atomic mass is 10.2. The van der Waals surface area contributed by atoms with Crippen molar-refractivity contribution in [3.8, 4) is 0 Å². The molecule has 0 N–H and O–H groups in total. The Bertz CT molecular complexity index is 706. The fraction of sp³-hybridized carbons (Fsp3) is 0.412. The van der Waals surface area contributed by atoms with Gasteiger partial charge in [0.15, 0.2) is 0 Å². The first-order valence-electron chi connectivity index (χ1n) is 8.06. The molecule has 0 bridgehead atoms. The number of ether oxygens (including phenoxy) is 1. The molecule has 0 spiro atoms. The molecule has 4 nitrogen and oxygen atoms in total. The van der Waals surface area contributed by atoms with Crippen molar-refractivity contribution in [3.63, 3.8) is 0 Å². The molecule has 2 saturated heterocycles. The van der Waals surface area contributed by atoms with Gasteiger partial charge < -0.3 is 4.74 Å². The highest BCUT2D eigenvalue weighted by atomic mass is 35.5. The van der Waals surface area contributed by atoms with Gasteiger partial charge in [-0.25, -0.2) is 0 Å². The fourth-order valence-corrected chi connectivity index (χ4v) is 4.41. The highest BCUT2D eigenvalue weighted by Crippen LogP contribution is 2.35. The van der Waals surface area contributed by atoms with Crippen LogP contribution in [0.25, 0.3) is 6.08 Å². The van der Waals surface area contributed by atoms with Gasteiger partial charge in [-0.1, -0.05) is 59.3 Å². The SMILES string of the molecule is O=C1/C(=C/c2cccc(Cl)c2Cl)SC(=S)N1CCCN1CCOCC1. The molecule has 8 heteroatoms. The standard InChI is InChI=1S/C17H18Cl2N2O2S2/c18-13-4-1-3-12(15(13)19)11-14-16(22)21(17(24)25-14)6-2-5-20-7-9-23-10-8-20/h1,3-4,11H,2,5-10H2/b14-11-. The zero-order chi connectivity index (χ0) is 17.8. The zero-order valence-electron chi connectivity index (χ0n) is 13.5. The predicted molar refractivity (Wildman–Crippen MR) is 108 cm³/mol. The van der Waals surface area contributed by atoms with Crippen molar-refractivity contribution in [3.05, 3.63) is 38.7 Å². The normalized spacial score (nSPS) is 20.7. The minimum absolute atomic E-state index is 0.0620. The number of amides is 1. The lowest BCUT2D eigenvalue weighted by Gasteiger charge is -2.27. The van der Waals surface area contributed by atoms with E-state index < -0.39 is 0 Å². The Morgan fingerprint density at radius 3 is 2.76 bits per heavy atom. The third-order valence-corrected chi connectivity index (χ3v) is 6.31. The molecule has 0 unspecified atom stereocenters. The molecule has 0 aliphatic carbocycles. The van der Waals surface area contributed by atoms with Crippen LogP contribution in [0.4, 0.5) is 0 Å². The molecule has 0 aromatic heterocycles. The summed E-state index contributed by atoms with van der Waals surface area (Å²) in [5, 5.41) is 0.915. The summed E-state index contributed by atoms with van der Waals surface area (Å²) in [5.74, 6) is -0.0620. The van der Waals surface area contributed by atoms with E-state index in [4.69, 9.17) is 40.2 Å². The first kappa shape index (κ1) is 19.1. The van der Waals surface area contributed by atoms with E-state index in [1.54, 1.807) is 17.0 Å². The summed E-state index contributed by atoms with van der Waals surface area (Å²) < 4.78 is 5.94. The lowest BCUT2D eigenvalue weighted by Crippen LogP contribution is -2.38. The molecular weight excluding hydrogens is 399 g/mol. The maximum absolute atomic E-state index is 12.6. The Morgan fingerprint density at radius 2 is 2.00 bits per heavy atom. The van der Waals surface area contributed by atoms with Crippen molar-refractivity contribution in [1.29, 1.82) is 0 Å². The van der Waals surface area contributed by atoms with Crippen LogP contribution in [0.1, 0.15) is 12.0 Å². The summed E-state index contributed by atoms with van der Waals surface area (Å²) >= 11 is 18.9. The van der Waals surface area contributed by atoms with Crippen molar-refractivity contribution in [1.82, 2.24) is 9.80 Å². The van der Waals surface area contributed by atoms with E-state index >= 15 is 0 Å². The molecule has 1 aromatic rings. The summed E-state index contributed by atoms with van der Waals surface area (Å²) in [6.07, 6.45) is 2.65. The number of thioether (sulfide) groups is 1. The van der Waals surface area contributed by atoms with Crippen molar-refractivity contribution < 1.29 is 9.53 Å². The predicted octanol–water partition coefficient (Wildman–Crippen LogP) is 3.92. The van der Waals surface area contributed by atoms with Gasteiger partial charge in [-0.15, -0.1) is 0 Å². The molecule has 3 rings (SSSR count). The van der Waals surface area contributed by atoms with E-state index in [0.29, 0.717) is 25.8 Å². The third-order valence-electron chi connectivity index (χ3n) is 4.10. The van der Waals surface area contributed by atoms with Gasteiger partial charge in [0.2, 0.25) is 0 Å². The maximum atomic E-state index is 12.6. The number of rotatable bonds is 5. The molecule has 134 valence electrons. The van der Waals surface area contributed by atoms with Gasteiger partial charge in [-0.3, -0.25) is 14.6 Å². The molecule has 1 aromatic carbocycles. The Kier molecular flexibility index (Phi) is 6.77. The molecular formula is C17H18Cl2N2O2S2. The highest BCUT2D eigenvalue weighted by Gasteiger charge is 2.31. The molecule has 0 saturated carbocycles. The Labute approximate surface area is 167 Å². The second-order valence-electron chi connectivity index (χ2n) is 5.78. The van der Waals surface area contributed by atoms with E-state index in [-0.39, 0.29) is 5.91 Å². The van der Waals surface area contributed by atoms with Crippen molar-refractivity contribution in [2.24, 2.45) is 0 Å². The number of hydrogen-bond acceptors (Lipinski definition) is 5. The van der Waals surface area contributed by atoms with Crippen LogP contribution in [0, 0.1) is 0 Å². The van der Waals surface area contributed by atoms with Crippen LogP contribution in [-0.2, 0) is 9.53 Å². The van der Waals surface area contributed by atoms with Crippen molar-refractivity contribution in [2.45, 2.75) is 6.42 Å². The van der Waals surface area contributed by atoms with E-state index in [2.05, 4.69) is 4.90 Å². The summed E-state index contributed by atoms with van der Waals surface area (Å²) in [7, 11) is 0. The average Bonchev–Trinajstić information content (AvgIpc) is 2.87. The number of hydrogen-bond donors (Lipinski definition) is 0. The van der Waals surface area contributed by atoms with Gasteiger partial charge in [0, 0.05) is 26.2 Å². The van der Waals surface area contributed by atoms with Crippen LogP contribution in [0.3, 0.4) is 0 Å². The Morgan fingerprint density at radius 1 is 1.24 bits per heavy atom. The molecule has 2 aliphatic rings. The molecule has 25 heavy (non-hydrogen) atoms. The molecule has 2 aliphatic heterocycles. The van der Waals surface area contributed by atoms with Gasteiger partial charge in [-0.2, -0.15) is 0 Å². The van der Waals surface area contributed by atoms with Crippen LogP contribution in [-0.4, -0.2) is 59.4 Å². The molecule has 0 atom stereocenters. The molecule has 0 radical (unpaired) electrons. The number of halogens is 2. The van der Waals surface area contributed by atoms with Crippen molar-refractivity contribution >= 4 is 63.5 Å². The Hall–Kier alpha value is -0.630. The van der Waals surface area contributed by atoms with Crippen LogP contribution < -0.4 is 0 Å². The van der Waals surface area contributed by atoms with Gasteiger partial charge in [0.25, 0.3) is 5.91 Å². The van der Waals surface area contributed by atoms with E-state index in [1.807, 2.05) is 12.1 Å². The highest BCUT2D eigenvalue weighted by molar-refractivity contribution is 8.26. The number of nitrogens with zero attached hydrogens (tertiary/aromatic N) is 2. The number of morpholine rings is 1. The second kappa shape index (κ2) is 8.84. The summed E-state index contributed by atoms with van der Waals surface area (Å²) in [6, 6.07) is 5.36. The summed E-state index contributed by atoms with van der Waals surface area (Å²) in [6.45, 7) is 5.04. The quantitative estimate of drug-likeness (QED) is 0.536. The monoisotopic (exact) mass is 416 g/mol.